The van der Waals surface area contributed by atoms with Crippen LogP contribution in [0.5, 0.6) is 0 Å². The molecule has 2 fully saturated rings. The third-order valence-corrected chi connectivity index (χ3v) is 3.32. The van der Waals surface area contributed by atoms with Gasteiger partial charge >= 0.3 is 0 Å². The highest BCUT2D eigenvalue weighted by molar-refractivity contribution is 4.95. The van der Waals surface area contributed by atoms with Crippen molar-refractivity contribution in [3.05, 3.63) is 0 Å². The zero-order chi connectivity index (χ0) is 10.0. The summed E-state index contributed by atoms with van der Waals surface area (Å²) >= 11 is 0. The van der Waals surface area contributed by atoms with Crippen molar-refractivity contribution in [3.63, 3.8) is 0 Å². The predicted molar refractivity (Wildman–Crippen MR) is 49.6 cm³/mol. The molecule has 1 aliphatic heterocycles. The minimum absolute atomic E-state index is 0.0536. The van der Waals surface area contributed by atoms with Crippen LogP contribution in [0.25, 0.3) is 0 Å². The third-order valence-electron chi connectivity index (χ3n) is 3.32. The van der Waals surface area contributed by atoms with Crippen molar-refractivity contribution >= 4 is 0 Å². The molecule has 1 aliphatic carbocycles. The lowest BCUT2D eigenvalue weighted by molar-refractivity contribution is -0.136. The minimum atomic E-state index is -2.24. The molecule has 2 nitrogen and oxygen atoms in total. The second-order valence-corrected chi connectivity index (χ2v) is 4.37. The van der Waals surface area contributed by atoms with Crippen LogP contribution < -0.4 is 5.32 Å². The molecule has 2 aliphatic rings. The summed E-state index contributed by atoms with van der Waals surface area (Å²) in [5.41, 5.74) is 0.0536. The second kappa shape index (κ2) is 4.11. The molecule has 2 rings (SSSR count). The maximum Gasteiger partial charge on any atom is 0.250 e. The van der Waals surface area contributed by atoms with Crippen LogP contribution in [0.3, 0.4) is 0 Å². The molecule has 0 amide bonds. The van der Waals surface area contributed by atoms with Crippen LogP contribution in [0.2, 0.25) is 0 Å². The topological polar surface area (TPSA) is 21.3 Å². The molecule has 14 heavy (non-hydrogen) atoms. The molecular weight excluding hydrogens is 188 g/mol. The van der Waals surface area contributed by atoms with Crippen molar-refractivity contribution in [3.8, 4) is 0 Å². The highest BCUT2D eigenvalue weighted by Crippen LogP contribution is 2.42. The van der Waals surface area contributed by atoms with Gasteiger partial charge in [0.25, 0.3) is 6.43 Å². The van der Waals surface area contributed by atoms with Gasteiger partial charge in [-0.25, -0.2) is 8.78 Å². The lowest BCUT2D eigenvalue weighted by Gasteiger charge is -2.47. The SMILES string of the molecule is FC(F)CNC1CCOC2(CCC2)C1. The Labute approximate surface area is 83.0 Å². The Bertz CT molecular complexity index is 195. The summed E-state index contributed by atoms with van der Waals surface area (Å²) in [5, 5.41) is 2.91. The molecule has 1 N–H and O–H groups in total. The Morgan fingerprint density at radius 1 is 1.43 bits per heavy atom. The van der Waals surface area contributed by atoms with Crippen molar-refractivity contribution < 1.29 is 13.5 Å². The zero-order valence-electron chi connectivity index (χ0n) is 8.27. The van der Waals surface area contributed by atoms with Gasteiger partial charge in [-0.15, -0.1) is 0 Å². The van der Waals surface area contributed by atoms with Gasteiger partial charge in [0.15, 0.2) is 0 Å². The van der Waals surface area contributed by atoms with Gasteiger partial charge in [0.1, 0.15) is 0 Å². The van der Waals surface area contributed by atoms with E-state index < -0.39 is 6.43 Å². The molecule has 1 unspecified atom stereocenters. The summed E-state index contributed by atoms with van der Waals surface area (Å²) in [6.45, 7) is 0.543. The van der Waals surface area contributed by atoms with Crippen LogP contribution in [0, 0.1) is 0 Å². The highest BCUT2D eigenvalue weighted by atomic mass is 19.3. The molecule has 0 aromatic heterocycles. The molecule has 4 heteroatoms. The lowest BCUT2D eigenvalue weighted by atomic mass is 9.74. The Hall–Kier alpha value is -0.220. The predicted octanol–water partition coefficient (Wildman–Crippen LogP) is 1.94. The van der Waals surface area contributed by atoms with E-state index in [0.717, 1.165) is 32.3 Å². The van der Waals surface area contributed by atoms with Gasteiger partial charge in [0.05, 0.1) is 12.1 Å². The van der Waals surface area contributed by atoms with E-state index in [4.69, 9.17) is 4.74 Å². The number of hydrogen-bond donors (Lipinski definition) is 1. The zero-order valence-corrected chi connectivity index (χ0v) is 8.27. The molecule has 0 aromatic rings. The van der Waals surface area contributed by atoms with Gasteiger partial charge in [0.2, 0.25) is 0 Å². The maximum atomic E-state index is 12.0. The van der Waals surface area contributed by atoms with E-state index >= 15 is 0 Å². The summed E-state index contributed by atoms with van der Waals surface area (Å²) in [4.78, 5) is 0. The summed E-state index contributed by atoms with van der Waals surface area (Å²) in [7, 11) is 0. The van der Waals surface area contributed by atoms with Gasteiger partial charge in [-0.1, -0.05) is 0 Å². The largest absolute Gasteiger partial charge is 0.375 e. The number of halogens is 2. The van der Waals surface area contributed by atoms with Crippen molar-refractivity contribution in [2.45, 2.75) is 50.2 Å². The smallest absolute Gasteiger partial charge is 0.250 e. The van der Waals surface area contributed by atoms with Crippen molar-refractivity contribution in [2.24, 2.45) is 0 Å². The summed E-state index contributed by atoms with van der Waals surface area (Å²) in [6.07, 6.45) is 2.99. The quantitative estimate of drug-likeness (QED) is 0.760. The second-order valence-electron chi connectivity index (χ2n) is 4.37. The first kappa shape index (κ1) is 10.3. The standard InChI is InChI=1S/C10H17F2NO/c11-9(12)7-13-8-2-5-14-10(6-8)3-1-4-10/h8-9,13H,1-7H2. The van der Waals surface area contributed by atoms with E-state index in [0.29, 0.717) is 0 Å². The monoisotopic (exact) mass is 205 g/mol. The fourth-order valence-corrected chi connectivity index (χ4v) is 2.38. The minimum Gasteiger partial charge on any atom is -0.375 e. The van der Waals surface area contributed by atoms with E-state index in [-0.39, 0.29) is 18.2 Å². The van der Waals surface area contributed by atoms with Gasteiger partial charge in [0, 0.05) is 12.6 Å². The normalized spacial score (nSPS) is 30.6. The van der Waals surface area contributed by atoms with Crippen LogP contribution in [-0.4, -0.2) is 31.2 Å². The number of ether oxygens (including phenoxy) is 1. The molecular formula is C10H17F2NO. The summed E-state index contributed by atoms with van der Waals surface area (Å²) in [6, 6.07) is 0.234. The van der Waals surface area contributed by atoms with E-state index in [1.54, 1.807) is 0 Å². The number of nitrogens with one attached hydrogen (secondary N) is 1. The van der Waals surface area contributed by atoms with Crippen LogP contribution in [0.15, 0.2) is 0 Å². The first-order valence-corrected chi connectivity index (χ1v) is 5.36. The summed E-state index contributed by atoms with van der Waals surface area (Å²) in [5.74, 6) is 0. The first-order valence-electron chi connectivity index (χ1n) is 5.36. The third kappa shape index (κ3) is 2.23. The van der Waals surface area contributed by atoms with Crippen LogP contribution in [0.1, 0.15) is 32.1 Å². The molecule has 1 saturated carbocycles. The lowest BCUT2D eigenvalue weighted by Crippen LogP contribution is -2.51. The Balaban J connectivity index is 1.76. The van der Waals surface area contributed by atoms with Gasteiger partial charge in [-0.3, -0.25) is 0 Å². The number of hydrogen-bond acceptors (Lipinski definition) is 2. The number of alkyl halides is 2. The molecule has 1 heterocycles. The molecule has 1 saturated heterocycles. The van der Waals surface area contributed by atoms with E-state index in [9.17, 15) is 8.78 Å². The fourth-order valence-electron chi connectivity index (χ4n) is 2.38. The maximum absolute atomic E-state index is 12.0. The van der Waals surface area contributed by atoms with Crippen LogP contribution in [0.4, 0.5) is 8.78 Å². The molecule has 82 valence electrons. The molecule has 0 aromatic carbocycles. The highest BCUT2D eigenvalue weighted by Gasteiger charge is 2.42. The van der Waals surface area contributed by atoms with Crippen molar-refractivity contribution in [1.82, 2.24) is 5.32 Å². The van der Waals surface area contributed by atoms with E-state index in [1.165, 1.54) is 6.42 Å². The summed E-state index contributed by atoms with van der Waals surface area (Å²) < 4.78 is 29.7. The molecule has 1 spiro atoms. The van der Waals surface area contributed by atoms with Crippen molar-refractivity contribution in [1.29, 1.82) is 0 Å². The Kier molecular flexibility index (Phi) is 3.02. The van der Waals surface area contributed by atoms with E-state index in [2.05, 4.69) is 5.32 Å². The van der Waals surface area contributed by atoms with E-state index in [1.807, 2.05) is 0 Å². The average molecular weight is 205 g/mol. The fraction of sp³-hybridized carbons (Fsp3) is 1.00. The molecule has 0 radical (unpaired) electrons. The van der Waals surface area contributed by atoms with Gasteiger partial charge in [-0.2, -0.15) is 0 Å². The van der Waals surface area contributed by atoms with Crippen LogP contribution in [-0.2, 0) is 4.74 Å². The van der Waals surface area contributed by atoms with Crippen molar-refractivity contribution in [2.75, 3.05) is 13.2 Å². The number of rotatable bonds is 3. The van der Waals surface area contributed by atoms with Crippen LogP contribution >= 0.6 is 0 Å². The Morgan fingerprint density at radius 3 is 2.79 bits per heavy atom. The Morgan fingerprint density at radius 2 is 2.21 bits per heavy atom. The van der Waals surface area contributed by atoms with Gasteiger partial charge < -0.3 is 10.1 Å². The average Bonchev–Trinajstić information content (AvgIpc) is 2.13. The van der Waals surface area contributed by atoms with Gasteiger partial charge in [-0.05, 0) is 32.1 Å². The first-order chi connectivity index (χ1) is 6.70. The molecule has 1 atom stereocenters. The molecule has 0 bridgehead atoms.